The highest BCUT2D eigenvalue weighted by Gasteiger charge is 2.21. The van der Waals surface area contributed by atoms with E-state index in [1.807, 2.05) is 13.8 Å². The van der Waals surface area contributed by atoms with Crippen molar-refractivity contribution in [1.29, 1.82) is 0 Å². The number of ether oxygens (including phenoxy) is 1. The summed E-state index contributed by atoms with van der Waals surface area (Å²) in [6.07, 6.45) is 2.80. The Bertz CT molecular complexity index is 286. The SMILES string of the molecule is CCCC(CN)c1nc(C(CC)OCC)no1. The van der Waals surface area contributed by atoms with Crippen molar-refractivity contribution in [3.63, 3.8) is 0 Å². The Morgan fingerprint density at radius 1 is 1.35 bits per heavy atom. The van der Waals surface area contributed by atoms with Crippen LogP contribution in [-0.2, 0) is 4.74 Å². The standard InChI is InChI=1S/C12H23N3O2/c1-4-7-9(8-13)12-14-11(15-17-12)10(5-2)16-6-3/h9-10H,4-8,13H2,1-3H3. The maximum absolute atomic E-state index is 5.71. The van der Waals surface area contributed by atoms with E-state index < -0.39 is 0 Å². The molecule has 0 bridgehead atoms. The fraction of sp³-hybridized carbons (Fsp3) is 0.833. The molecule has 0 aliphatic rings. The Balaban J connectivity index is 2.74. The molecule has 5 heteroatoms. The van der Waals surface area contributed by atoms with Gasteiger partial charge in [-0.25, -0.2) is 0 Å². The van der Waals surface area contributed by atoms with Gasteiger partial charge >= 0.3 is 0 Å². The molecule has 0 aromatic carbocycles. The summed E-state index contributed by atoms with van der Waals surface area (Å²) in [6.45, 7) is 7.32. The van der Waals surface area contributed by atoms with Crippen molar-refractivity contribution in [3.8, 4) is 0 Å². The van der Waals surface area contributed by atoms with Gasteiger partial charge in [-0.1, -0.05) is 25.4 Å². The molecule has 0 fully saturated rings. The molecule has 1 rings (SSSR count). The molecule has 0 saturated carbocycles. The number of nitrogens with two attached hydrogens (primary N) is 1. The minimum absolute atomic E-state index is 0.0717. The molecule has 1 aromatic rings. The van der Waals surface area contributed by atoms with Crippen molar-refractivity contribution in [2.24, 2.45) is 5.73 Å². The third-order valence-electron chi connectivity index (χ3n) is 2.75. The van der Waals surface area contributed by atoms with E-state index in [9.17, 15) is 0 Å². The number of hydrogen-bond donors (Lipinski definition) is 1. The van der Waals surface area contributed by atoms with Crippen LogP contribution in [0, 0.1) is 0 Å². The molecule has 1 aromatic heterocycles. The normalized spacial score (nSPS) is 14.8. The minimum atomic E-state index is -0.0717. The van der Waals surface area contributed by atoms with Gasteiger partial charge in [0.2, 0.25) is 11.7 Å². The maximum Gasteiger partial charge on any atom is 0.231 e. The monoisotopic (exact) mass is 241 g/mol. The largest absolute Gasteiger partial charge is 0.370 e. The molecule has 0 amide bonds. The number of aromatic nitrogens is 2. The summed E-state index contributed by atoms with van der Waals surface area (Å²) >= 11 is 0. The summed E-state index contributed by atoms with van der Waals surface area (Å²) in [6, 6.07) is 0. The first-order valence-corrected chi connectivity index (χ1v) is 6.41. The van der Waals surface area contributed by atoms with Crippen LogP contribution in [-0.4, -0.2) is 23.3 Å². The highest BCUT2D eigenvalue weighted by atomic mass is 16.5. The lowest BCUT2D eigenvalue weighted by Gasteiger charge is -2.10. The Morgan fingerprint density at radius 2 is 2.12 bits per heavy atom. The predicted molar refractivity (Wildman–Crippen MR) is 65.7 cm³/mol. The molecule has 0 aliphatic carbocycles. The zero-order valence-corrected chi connectivity index (χ0v) is 11.0. The van der Waals surface area contributed by atoms with Gasteiger partial charge in [0.25, 0.3) is 0 Å². The maximum atomic E-state index is 5.71. The van der Waals surface area contributed by atoms with Crippen LogP contribution in [0.1, 0.15) is 63.8 Å². The molecular formula is C12H23N3O2. The highest BCUT2D eigenvalue weighted by molar-refractivity contribution is 4.97. The van der Waals surface area contributed by atoms with Crippen molar-refractivity contribution in [2.45, 2.75) is 52.1 Å². The van der Waals surface area contributed by atoms with Crippen LogP contribution in [0.15, 0.2) is 4.52 Å². The van der Waals surface area contributed by atoms with Crippen LogP contribution in [0.2, 0.25) is 0 Å². The first kappa shape index (κ1) is 14.1. The molecule has 0 aliphatic heterocycles. The van der Waals surface area contributed by atoms with Gasteiger partial charge in [0, 0.05) is 13.2 Å². The molecule has 17 heavy (non-hydrogen) atoms. The first-order valence-electron chi connectivity index (χ1n) is 6.41. The van der Waals surface area contributed by atoms with Crippen molar-refractivity contribution in [3.05, 3.63) is 11.7 Å². The van der Waals surface area contributed by atoms with Gasteiger partial charge in [0.05, 0.1) is 5.92 Å². The summed E-state index contributed by atoms with van der Waals surface area (Å²) in [4.78, 5) is 4.41. The lowest BCUT2D eigenvalue weighted by molar-refractivity contribution is 0.0518. The number of rotatable bonds is 8. The van der Waals surface area contributed by atoms with Gasteiger partial charge in [-0.05, 0) is 19.8 Å². The Hall–Kier alpha value is -0.940. The van der Waals surface area contributed by atoms with E-state index in [2.05, 4.69) is 17.1 Å². The lowest BCUT2D eigenvalue weighted by atomic mass is 10.0. The topological polar surface area (TPSA) is 74.2 Å². The second kappa shape index (κ2) is 7.40. The van der Waals surface area contributed by atoms with Gasteiger partial charge in [-0.15, -0.1) is 0 Å². The van der Waals surface area contributed by atoms with E-state index in [0.717, 1.165) is 19.3 Å². The van der Waals surface area contributed by atoms with Crippen LogP contribution >= 0.6 is 0 Å². The van der Waals surface area contributed by atoms with Crippen molar-refractivity contribution >= 4 is 0 Å². The molecule has 2 atom stereocenters. The molecule has 0 spiro atoms. The van der Waals surface area contributed by atoms with Crippen LogP contribution in [0.25, 0.3) is 0 Å². The minimum Gasteiger partial charge on any atom is -0.370 e. The van der Waals surface area contributed by atoms with Gasteiger partial charge in [0.1, 0.15) is 6.10 Å². The van der Waals surface area contributed by atoms with Crippen molar-refractivity contribution < 1.29 is 9.26 Å². The molecule has 2 N–H and O–H groups in total. The number of hydrogen-bond acceptors (Lipinski definition) is 5. The van der Waals surface area contributed by atoms with E-state index in [1.165, 1.54) is 0 Å². The van der Waals surface area contributed by atoms with Crippen LogP contribution in [0.5, 0.6) is 0 Å². The average molecular weight is 241 g/mol. The molecule has 5 nitrogen and oxygen atoms in total. The summed E-state index contributed by atoms with van der Waals surface area (Å²) in [7, 11) is 0. The Kier molecular flexibility index (Phi) is 6.15. The third kappa shape index (κ3) is 3.78. The second-order valence-corrected chi connectivity index (χ2v) is 4.06. The zero-order valence-electron chi connectivity index (χ0n) is 11.0. The Morgan fingerprint density at radius 3 is 2.65 bits per heavy atom. The average Bonchev–Trinajstić information content (AvgIpc) is 2.82. The smallest absolute Gasteiger partial charge is 0.231 e. The fourth-order valence-electron chi connectivity index (χ4n) is 1.81. The van der Waals surface area contributed by atoms with Crippen molar-refractivity contribution in [1.82, 2.24) is 10.1 Å². The number of nitrogens with zero attached hydrogens (tertiary/aromatic N) is 2. The van der Waals surface area contributed by atoms with Crippen LogP contribution < -0.4 is 5.73 Å². The molecule has 0 saturated heterocycles. The highest BCUT2D eigenvalue weighted by Crippen LogP contribution is 2.22. The molecule has 1 heterocycles. The summed E-state index contributed by atoms with van der Waals surface area (Å²) in [5.41, 5.74) is 5.71. The molecule has 98 valence electrons. The fourth-order valence-corrected chi connectivity index (χ4v) is 1.81. The lowest BCUT2D eigenvalue weighted by Crippen LogP contribution is -2.13. The molecule has 2 unspecified atom stereocenters. The molecular weight excluding hydrogens is 218 g/mol. The predicted octanol–water partition coefficient (Wildman–Crippen LogP) is 2.40. The van der Waals surface area contributed by atoms with E-state index in [4.69, 9.17) is 15.0 Å². The summed E-state index contributed by atoms with van der Waals surface area (Å²) in [5, 5.41) is 3.99. The van der Waals surface area contributed by atoms with Gasteiger partial charge in [0.15, 0.2) is 0 Å². The van der Waals surface area contributed by atoms with Crippen LogP contribution in [0.4, 0.5) is 0 Å². The van der Waals surface area contributed by atoms with E-state index in [1.54, 1.807) is 0 Å². The van der Waals surface area contributed by atoms with E-state index >= 15 is 0 Å². The Labute approximate surface area is 103 Å². The molecule has 0 radical (unpaired) electrons. The van der Waals surface area contributed by atoms with Gasteiger partial charge in [-0.2, -0.15) is 4.98 Å². The zero-order chi connectivity index (χ0) is 12.7. The summed E-state index contributed by atoms with van der Waals surface area (Å²) in [5.74, 6) is 1.45. The van der Waals surface area contributed by atoms with E-state index in [-0.39, 0.29) is 12.0 Å². The third-order valence-corrected chi connectivity index (χ3v) is 2.75. The first-order chi connectivity index (χ1) is 8.26. The van der Waals surface area contributed by atoms with Crippen molar-refractivity contribution in [2.75, 3.05) is 13.2 Å². The quantitative estimate of drug-likeness (QED) is 0.756. The summed E-state index contributed by atoms with van der Waals surface area (Å²) < 4.78 is 10.8. The van der Waals surface area contributed by atoms with Crippen LogP contribution in [0.3, 0.4) is 0 Å². The van der Waals surface area contributed by atoms with E-state index in [0.29, 0.717) is 24.9 Å². The van der Waals surface area contributed by atoms with Gasteiger partial charge in [-0.3, -0.25) is 0 Å². The second-order valence-electron chi connectivity index (χ2n) is 4.06. The van der Waals surface area contributed by atoms with Gasteiger partial charge < -0.3 is 15.0 Å².